The maximum absolute atomic E-state index is 13.1. The first-order valence-electron chi connectivity index (χ1n) is 9.29. The van der Waals surface area contributed by atoms with Crippen LogP contribution in [0.3, 0.4) is 0 Å². The molecule has 162 valence electrons. The Morgan fingerprint density at radius 1 is 1.06 bits per heavy atom. The highest BCUT2D eigenvalue weighted by atomic mass is 19.4. The Morgan fingerprint density at radius 3 is 2.75 bits per heavy atom. The number of H-pyrrole nitrogens is 1. The van der Waals surface area contributed by atoms with Crippen LogP contribution in [0.5, 0.6) is 11.5 Å². The highest BCUT2D eigenvalue weighted by molar-refractivity contribution is 5.80. The predicted octanol–water partition coefficient (Wildman–Crippen LogP) is 3.75. The molecule has 0 aliphatic rings. The average Bonchev–Trinajstić information content (AvgIpc) is 3.38. The van der Waals surface area contributed by atoms with Gasteiger partial charge >= 0.3 is 6.36 Å². The summed E-state index contributed by atoms with van der Waals surface area (Å²) in [5, 5.41) is 15.2. The van der Waals surface area contributed by atoms with Gasteiger partial charge in [-0.2, -0.15) is 5.10 Å². The van der Waals surface area contributed by atoms with Gasteiger partial charge in [-0.25, -0.2) is 14.8 Å². The van der Waals surface area contributed by atoms with Crippen LogP contribution in [0.2, 0.25) is 0 Å². The fourth-order valence-electron chi connectivity index (χ4n) is 3.29. The molecule has 9 nitrogen and oxygen atoms in total. The number of aromatic amines is 1. The van der Waals surface area contributed by atoms with Crippen molar-refractivity contribution in [3.63, 3.8) is 0 Å². The number of aromatic nitrogens is 6. The molecule has 0 bridgehead atoms. The van der Waals surface area contributed by atoms with Crippen molar-refractivity contribution in [2.24, 2.45) is 0 Å². The molecule has 0 unspecified atom stereocenters. The number of hydrogen-bond donors (Lipinski definition) is 2. The van der Waals surface area contributed by atoms with Crippen molar-refractivity contribution < 1.29 is 22.6 Å². The number of pyridine rings is 1. The normalized spacial score (nSPS) is 11.8. The molecule has 0 atom stereocenters. The van der Waals surface area contributed by atoms with Crippen LogP contribution >= 0.6 is 0 Å². The van der Waals surface area contributed by atoms with Crippen LogP contribution in [0.25, 0.3) is 27.8 Å². The van der Waals surface area contributed by atoms with E-state index < -0.39 is 12.1 Å². The molecule has 0 saturated carbocycles. The molecule has 0 saturated heterocycles. The second-order valence-corrected chi connectivity index (χ2v) is 6.80. The van der Waals surface area contributed by atoms with E-state index in [0.29, 0.717) is 16.9 Å². The Morgan fingerprint density at radius 2 is 1.91 bits per heavy atom. The lowest BCUT2D eigenvalue weighted by molar-refractivity contribution is -0.275. The molecule has 0 fully saturated rings. The Hall–Kier alpha value is -4.35. The van der Waals surface area contributed by atoms with Crippen LogP contribution in [0.15, 0.2) is 54.7 Å². The minimum Gasteiger partial charge on any atom is -0.486 e. The van der Waals surface area contributed by atoms with Gasteiger partial charge in [0.2, 0.25) is 0 Å². The number of nitrogens with zero attached hydrogens (tertiary/aromatic N) is 5. The van der Waals surface area contributed by atoms with Crippen LogP contribution in [-0.2, 0) is 6.61 Å². The van der Waals surface area contributed by atoms with Crippen molar-refractivity contribution in [1.82, 2.24) is 30.2 Å². The fraction of sp³-hybridized carbons (Fsp3) is 0.100. The van der Waals surface area contributed by atoms with Gasteiger partial charge in [0.05, 0.1) is 17.4 Å². The number of fused-ring (bicyclic) bond motifs is 2. The summed E-state index contributed by atoms with van der Waals surface area (Å²) < 4.78 is 50.8. The van der Waals surface area contributed by atoms with Crippen molar-refractivity contribution in [3.8, 4) is 17.2 Å². The molecule has 2 aromatic carbocycles. The molecule has 32 heavy (non-hydrogen) atoms. The number of hydrogen-bond acceptors (Lipinski definition) is 7. The number of para-hydroxylation sites is 1. The van der Waals surface area contributed by atoms with Crippen LogP contribution in [0.4, 0.5) is 19.0 Å². The highest BCUT2D eigenvalue weighted by Gasteiger charge is 2.32. The third-order valence-electron chi connectivity index (χ3n) is 4.66. The summed E-state index contributed by atoms with van der Waals surface area (Å²) in [4.78, 5) is 4.02. The third-order valence-corrected chi connectivity index (χ3v) is 4.66. The van der Waals surface area contributed by atoms with Crippen molar-refractivity contribution in [2.45, 2.75) is 13.0 Å². The van der Waals surface area contributed by atoms with E-state index in [-0.39, 0.29) is 23.7 Å². The van der Waals surface area contributed by atoms with E-state index in [0.717, 1.165) is 10.9 Å². The second kappa shape index (κ2) is 7.41. The van der Waals surface area contributed by atoms with Gasteiger partial charge < -0.3 is 15.2 Å². The molecule has 5 rings (SSSR count). The summed E-state index contributed by atoms with van der Waals surface area (Å²) in [6.07, 6.45) is -3.26. The molecule has 0 aliphatic carbocycles. The molecule has 0 spiro atoms. The Bertz CT molecular complexity index is 1430. The van der Waals surface area contributed by atoms with Crippen LogP contribution < -0.4 is 15.2 Å². The minimum atomic E-state index is -4.89. The van der Waals surface area contributed by atoms with Crippen molar-refractivity contribution in [3.05, 3.63) is 60.3 Å². The molecule has 0 radical (unpaired) electrons. The molecule has 0 aliphatic heterocycles. The topological polar surface area (TPSA) is 117 Å². The predicted molar refractivity (Wildman–Crippen MR) is 108 cm³/mol. The summed E-state index contributed by atoms with van der Waals surface area (Å²) in [6.45, 7) is -0.239. The lowest BCUT2D eigenvalue weighted by atomic mass is 10.2. The fourth-order valence-corrected chi connectivity index (χ4v) is 3.29. The minimum absolute atomic E-state index is 0.145. The zero-order valence-corrected chi connectivity index (χ0v) is 16.2. The average molecular weight is 441 g/mol. The van der Waals surface area contributed by atoms with E-state index in [4.69, 9.17) is 10.5 Å². The van der Waals surface area contributed by atoms with Crippen LogP contribution in [0.1, 0.15) is 5.56 Å². The van der Waals surface area contributed by atoms with Gasteiger partial charge in [-0.05, 0) is 18.2 Å². The van der Waals surface area contributed by atoms with Crippen LogP contribution in [0, 0.1) is 0 Å². The van der Waals surface area contributed by atoms with E-state index in [1.807, 2.05) is 24.3 Å². The quantitative estimate of drug-likeness (QED) is 0.427. The van der Waals surface area contributed by atoms with Crippen molar-refractivity contribution in [1.29, 1.82) is 0 Å². The van der Waals surface area contributed by atoms with Gasteiger partial charge in [0.25, 0.3) is 0 Å². The number of anilines is 1. The van der Waals surface area contributed by atoms with Gasteiger partial charge in [-0.1, -0.05) is 23.4 Å². The maximum atomic E-state index is 13.1. The molecule has 5 aromatic rings. The molecule has 3 heterocycles. The lowest BCUT2D eigenvalue weighted by Crippen LogP contribution is -2.19. The summed E-state index contributed by atoms with van der Waals surface area (Å²) in [5.41, 5.74) is 7.65. The third kappa shape index (κ3) is 3.73. The molecular weight excluding hydrogens is 427 g/mol. The number of alkyl halides is 3. The first-order valence-corrected chi connectivity index (χ1v) is 9.29. The van der Waals surface area contributed by atoms with Gasteiger partial charge in [-0.15, -0.1) is 18.3 Å². The van der Waals surface area contributed by atoms with Gasteiger partial charge in [0, 0.05) is 23.1 Å². The van der Waals surface area contributed by atoms with Crippen LogP contribution in [-0.4, -0.2) is 36.5 Å². The first-order chi connectivity index (χ1) is 15.4. The van der Waals surface area contributed by atoms with E-state index in [1.165, 1.54) is 22.9 Å². The molecule has 0 amide bonds. The number of ether oxygens (including phenoxy) is 2. The molecule has 3 N–H and O–H groups in total. The van der Waals surface area contributed by atoms with Gasteiger partial charge in [0.15, 0.2) is 16.9 Å². The first kappa shape index (κ1) is 19.6. The Labute approximate surface area is 177 Å². The lowest BCUT2D eigenvalue weighted by Gasteiger charge is -2.16. The largest absolute Gasteiger partial charge is 0.573 e. The smallest absolute Gasteiger partial charge is 0.486 e. The monoisotopic (exact) mass is 441 g/mol. The molecule has 3 aromatic heterocycles. The van der Waals surface area contributed by atoms with Gasteiger partial charge in [-0.3, -0.25) is 0 Å². The number of benzene rings is 2. The number of halogens is 3. The number of nitrogens with two attached hydrogens (primary N) is 1. The standard InChI is InChI=1S/C20H14F3N7O2/c21-20(22,23)32-15-7-13(30-14-4-2-1-3-11(14)9-25-30)6-5-12(15)10-31-16-8-17(24)26-19-18(16)27-29-28-19/h1-9H,10H2,(H3,24,26,27,28,29). The second-order valence-electron chi connectivity index (χ2n) is 6.80. The van der Waals surface area contributed by atoms with E-state index >= 15 is 0 Å². The Balaban J connectivity index is 1.51. The number of nitrogens with one attached hydrogen (secondary N) is 1. The summed E-state index contributed by atoms with van der Waals surface area (Å²) >= 11 is 0. The van der Waals surface area contributed by atoms with E-state index in [2.05, 4.69) is 30.2 Å². The van der Waals surface area contributed by atoms with E-state index in [1.54, 1.807) is 12.3 Å². The number of nitrogen functional groups attached to an aromatic ring is 1. The SMILES string of the molecule is Nc1cc(OCc2ccc(-n3ncc4ccccc43)cc2OC(F)(F)F)c2nn[nH]c2n1. The number of rotatable bonds is 5. The highest BCUT2D eigenvalue weighted by Crippen LogP contribution is 2.32. The van der Waals surface area contributed by atoms with Crippen molar-refractivity contribution in [2.75, 3.05) is 5.73 Å². The zero-order chi connectivity index (χ0) is 22.3. The van der Waals surface area contributed by atoms with E-state index in [9.17, 15) is 13.2 Å². The molecule has 12 heteroatoms. The Kier molecular flexibility index (Phi) is 4.54. The zero-order valence-electron chi connectivity index (χ0n) is 16.2. The summed E-state index contributed by atoms with van der Waals surface area (Å²) in [6, 6.07) is 13.1. The maximum Gasteiger partial charge on any atom is 0.573 e. The summed E-state index contributed by atoms with van der Waals surface area (Å²) in [7, 11) is 0. The molecular formula is C20H14F3N7O2. The van der Waals surface area contributed by atoms with Crippen molar-refractivity contribution >= 4 is 27.9 Å². The van der Waals surface area contributed by atoms with Gasteiger partial charge in [0.1, 0.15) is 18.2 Å². The summed E-state index contributed by atoms with van der Waals surface area (Å²) in [5.74, 6) is -0.0411.